The van der Waals surface area contributed by atoms with Crippen LogP contribution in [0.15, 0.2) is 41.1 Å². The summed E-state index contributed by atoms with van der Waals surface area (Å²) in [5.74, 6) is -0.465. The third-order valence-electron chi connectivity index (χ3n) is 2.83. The first kappa shape index (κ1) is 13.5. The molecule has 3 aromatic rings. The van der Waals surface area contributed by atoms with Crippen LogP contribution >= 0.6 is 0 Å². The van der Waals surface area contributed by atoms with E-state index in [1.807, 2.05) is 0 Å². The fourth-order valence-electron chi connectivity index (χ4n) is 1.84. The van der Waals surface area contributed by atoms with E-state index in [2.05, 4.69) is 15.1 Å². The van der Waals surface area contributed by atoms with Crippen LogP contribution in [0.3, 0.4) is 0 Å². The normalized spacial score (nSPS) is 10.5. The number of phenols is 2. The van der Waals surface area contributed by atoms with Crippen molar-refractivity contribution in [2.75, 3.05) is 0 Å². The van der Waals surface area contributed by atoms with Gasteiger partial charge in [0, 0.05) is 12.3 Å². The number of pyridine rings is 1. The van der Waals surface area contributed by atoms with Gasteiger partial charge in [-0.2, -0.15) is 4.98 Å². The summed E-state index contributed by atoms with van der Waals surface area (Å²) in [4.78, 5) is 18.2. The van der Waals surface area contributed by atoms with E-state index in [0.29, 0.717) is 0 Å². The van der Waals surface area contributed by atoms with Gasteiger partial charge in [0.15, 0.2) is 5.69 Å². The molecule has 0 saturated heterocycles. The maximum Gasteiger partial charge on any atom is 0.298 e. The number of rotatable bonds is 3. The number of aromatic hydroxyl groups is 2. The lowest BCUT2D eigenvalue weighted by atomic mass is 10.2. The Hall–Kier alpha value is -3.49. The highest BCUT2D eigenvalue weighted by Gasteiger charge is 2.22. The van der Waals surface area contributed by atoms with Crippen LogP contribution in [0.2, 0.25) is 0 Å². The molecule has 0 fully saturated rings. The van der Waals surface area contributed by atoms with Crippen LogP contribution in [0.1, 0.15) is 0 Å². The number of hydrogen-bond acceptors (Lipinski definition) is 8. The van der Waals surface area contributed by atoms with Gasteiger partial charge in [-0.15, -0.1) is 0 Å². The van der Waals surface area contributed by atoms with Gasteiger partial charge < -0.3 is 14.7 Å². The molecule has 3 rings (SSSR count). The maximum absolute atomic E-state index is 11.0. The Labute approximate surface area is 122 Å². The van der Waals surface area contributed by atoms with Gasteiger partial charge in [-0.05, 0) is 24.3 Å². The van der Waals surface area contributed by atoms with Crippen LogP contribution in [0.5, 0.6) is 11.5 Å². The van der Waals surface area contributed by atoms with Gasteiger partial charge in [0.2, 0.25) is 5.82 Å². The highest BCUT2D eigenvalue weighted by molar-refractivity contribution is 5.68. The van der Waals surface area contributed by atoms with E-state index >= 15 is 0 Å². The molecule has 0 aliphatic heterocycles. The molecular formula is C13H8N4O5. The smallest absolute Gasteiger partial charge is 0.298 e. The van der Waals surface area contributed by atoms with E-state index in [0.717, 1.165) is 0 Å². The van der Waals surface area contributed by atoms with Crippen LogP contribution in [0, 0.1) is 10.1 Å². The quantitative estimate of drug-likeness (QED) is 0.426. The van der Waals surface area contributed by atoms with Crippen molar-refractivity contribution in [2.45, 2.75) is 0 Å². The van der Waals surface area contributed by atoms with Gasteiger partial charge in [0.1, 0.15) is 11.5 Å². The minimum atomic E-state index is -0.607. The Morgan fingerprint density at radius 2 is 2.05 bits per heavy atom. The Morgan fingerprint density at radius 1 is 1.23 bits per heavy atom. The van der Waals surface area contributed by atoms with Crippen LogP contribution in [0.25, 0.3) is 23.0 Å². The van der Waals surface area contributed by atoms with Gasteiger partial charge >= 0.3 is 0 Å². The molecule has 22 heavy (non-hydrogen) atoms. The topological polar surface area (TPSA) is 135 Å². The second-order valence-electron chi connectivity index (χ2n) is 4.25. The Balaban J connectivity index is 2.09. The molecule has 110 valence electrons. The molecule has 0 saturated carbocycles. The van der Waals surface area contributed by atoms with E-state index in [4.69, 9.17) is 4.52 Å². The molecule has 0 aliphatic rings. The first-order valence-corrected chi connectivity index (χ1v) is 6.02. The first-order valence-electron chi connectivity index (χ1n) is 6.02. The van der Waals surface area contributed by atoms with E-state index in [1.54, 1.807) is 0 Å². The molecule has 9 nitrogen and oxygen atoms in total. The third kappa shape index (κ3) is 2.30. The van der Waals surface area contributed by atoms with E-state index in [-0.39, 0.29) is 40.2 Å². The molecule has 0 bridgehead atoms. The standard InChI is InChI=1S/C13H8N4O5/c18-7-3-4-10(19)8(6-7)13-15-12(16-22-13)11-9(17(20)21)2-1-5-14-11/h1-6,18-19H. The summed E-state index contributed by atoms with van der Waals surface area (Å²) < 4.78 is 4.98. The zero-order chi connectivity index (χ0) is 15.7. The van der Waals surface area contributed by atoms with Crippen LogP contribution in [-0.4, -0.2) is 30.3 Å². The predicted octanol–water partition coefficient (Wildman–Crippen LogP) is 2.12. The van der Waals surface area contributed by atoms with Gasteiger partial charge in [-0.1, -0.05) is 5.16 Å². The lowest BCUT2D eigenvalue weighted by molar-refractivity contribution is -0.384. The molecule has 1 aromatic carbocycles. The fraction of sp³-hybridized carbons (Fsp3) is 0. The Kier molecular flexibility index (Phi) is 3.14. The number of phenolic OH excluding ortho intramolecular Hbond substituents is 2. The molecule has 0 radical (unpaired) electrons. The number of hydrogen-bond donors (Lipinski definition) is 2. The van der Waals surface area contributed by atoms with Gasteiger partial charge in [0.05, 0.1) is 10.5 Å². The largest absolute Gasteiger partial charge is 0.508 e. The first-order chi connectivity index (χ1) is 10.6. The van der Waals surface area contributed by atoms with E-state index < -0.39 is 4.92 Å². The lowest BCUT2D eigenvalue weighted by Crippen LogP contribution is -1.95. The average molecular weight is 300 g/mol. The number of nitro groups is 1. The molecule has 2 heterocycles. The van der Waals surface area contributed by atoms with Crippen molar-refractivity contribution in [2.24, 2.45) is 0 Å². The monoisotopic (exact) mass is 300 g/mol. The molecule has 0 unspecified atom stereocenters. The SMILES string of the molecule is O=[N+]([O-])c1cccnc1-c1noc(-c2cc(O)ccc2O)n1. The Morgan fingerprint density at radius 3 is 2.82 bits per heavy atom. The second-order valence-corrected chi connectivity index (χ2v) is 4.25. The van der Waals surface area contributed by atoms with Gasteiger partial charge in [0.25, 0.3) is 11.6 Å². The maximum atomic E-state index is 11.0. The second kappa shape index (κ2) is 5.13. The summed E-state index contributed by atoms with van der Waals surface area (Å²) in [6.45, 7) is 0. The van der Waals surface area contributed by atoms with Gasteiger partial charge in [-0.25, -0.2) is 4.98 Å². The van der Waals surface area contributed by atoms with Crippen LogP contribution in [0.4, 0.5) is 5.69 Å². The van der Waals surface area contributed by atoms with E-state index in [9.17, 15) is 20.3 Å². The number of benzene rings is 1. The van der Waals surface area contributed by atoms with E-state index in [1.165, 1.54) is 36.5 Å². The summed E-state index contributed by atoms with van der Waals surface area (Å²) in [5, 5.41) is 33.8. The molecule has 0 amide bonds. The summed E-state index contributed by atoms with van der Waals surface area (Å²) in [6.07, 6.45) is 1.37. The van der Waals surface area contributed by atoms with Crippen molar-refractivity contribution in [1.29, 1.82) is 0 Å². The van der Waals surface area contributed by atoms with Crippen LogP contribution in [-0.2, 0) is 0 Å². The zero-order valence-electron chi connectivity index (χ0n) is 10.9. The minimum Gasteiger partial charge on any atom is -0.508 e. The van der Waals surface area contributed by atoms with Crippen molar-refractivity contribution in [3.63, 3.8) is 0 Å². The highest BCUT2D eigenvalue weighted by atomic mass is 16.6. The van der Waals surface area contributed by atoms with Crippen molar-refractivity contribution in [3.8, 4) is 34.5 Å². The zero-order valence-corrected chi connectivity index (χ0v) is 10.9. The van der Waals surface area contributed by atoms with Gasteiger partial charge in [-0.3, -0.25) is 10.1 Å². The fourth-order valence-corrected chi connectivity index (χ4v) is 1.84. The molecule has 0 atom stereocenters. The summed E-state index contributed by atoms with van der Waals surface area (Å²) >= 11 is 0. The summed E-state index contributed by atoms with van der Waals surface area (Å²) in [7, 11) is 0. The predicted molar refractivity (Wildman–Crippen MR) is 72.9 cm³/mol. The molecule has 9 heteroatoms. The molecule has 2 aromatic heterocycles. The summed E-state index contributed by atoms with van der Waals surface area (Å²) in [6, 6.07) is 6.48. The lowest BCUT2D eigenvalue weighted by Gasteiger charge is -1.99. The molecule has 0 aliphatic carbocycles. The van der Waals surface area contributed by atoms with Crippen molar-refractivity contribution < 1.29 is 19.7 Å². The Bertz CT molecular complexity index is 861. The third-order valence-corrected chi connectivity index (χ3v) is 2.83. The van der Waals surface area contributed by atoms with Crippen molar-refractivity contribution in [1.82, 2.24) is 15.1 Å². The van der Waals surface area contributed by atoms with Crippen LogP contribution < -0.4 is 0 Å². The minimum absolute atomic E-state index is 0.0536. The summed E-state index contributed by atoms with van der Waals surface area (Å²) in [5.41, 5.74) is -0.213. The molecule has 0 spiro atoms. The average Bonchev–Trinajstić information content (AvgIpc) is 2.99. The number of aromatic nitrogens is 3. The van der Waals surface area contributed by atoms with Crippen molar-refractivity contribution >= 4 is 5.69 Å². The molecular weight excluding hydrogens is 292 g/mol. The number of nitrogens with zero attached hydrogens (tertiary/aromatic N) is 4. The highest BCUT2D eigenvalue weighted by Crippen LogP contribution is 2.33. The molecule has 2 N–H and O–H groups in total. The van der Waals surface area contributed by atoms with Crippen molar-refractivity contribution in [3.05, 3.63) is 46.6 Å².